The van der Waals surface area contributed by atoms with Crippen LogP contribution in [0, 0.1) is 6.92 Å². The van der Waals surface area contributed by atoms with Crippen molar-refractivity contribution in [2.24, 2.45) is 0 Å². The number of fused-ring (bicyclic) bond motifs is 1. The second-order valence-corrected chi connectivity index (χ2v) is 8.88. The van der Waals surface area contributed by atoms with Crippen molar-refractivity contribution in [3.8, 4) is 11.5 Å². The van der Waals surface area contributed by atoms with Crippen LogP contribution in [0.1, 0.15) is 12.0 Å². The van der Waals surface area contributed by atoms with Crippen molar-refractivity contribution < 1.29 is 9.53 Å². The third-order valence-corrected chi connectivity index (χ3v) is 5.91. The molecule has 0 bridgehead atoms. The molecule has 4 aromatic rings. The number of ether oxygens (including phenoxy) is 1. The van der Waals surface area contributed by atoms with Gasteiger partial charge in [-0.3, -0.25) is 14.7 Å². The quantitative estimate of drug-likeness (QED) is 0.386. The Labute approximate surface area is 209 Å². The Morgan fingerprint density at radius 2 is 2.03 bits per heavy atom. The average molecular weight is 482 g/mol. The number of amides is 1. The number of anilines is 3. The number of carbonyl (C=O) groups excluding carboxylic acids is 1. The summed E-state index contributed by atoms with van der Waals surface area (Å²) in [4.78, 5) is 34.1. The minimum atomic E-state index is -0.00473. The van der Waals surface area contributed by atoms with Crippen molar-refractivity contribution in [1.82, 2.24) is 24.8 Å². The van der Waals surface area contributed by atoms with Gasteiger partial charge in [0, 0.05) is 35.9 Å². The van der Waals surface area contributed by atoms with E-state index in [9.17, 15) is 4.79 Å². The number of hydrogen-bond donors (Lipinski definition) is 1. The Morgan fingerprint density at radius 1 is 1.14 bits per heavy atom. The third kappa shape index (κ3) is 5.01. The van der Waals surface area contributed by atoms with Gasteiger partial charge < -0.3 is 15.0 Å². The maximum absolute atomic E-state index is 13.0. The van der Waals surface area contributed by atoms with Crippen molar-refractivity contribution in [2.45, 2.75) is 13.3 Å². The molecule has 5 rings (SSSR count). The molecule has 1 saturated heterocycles. The summed E-state index contributed by atoms with van der Waals surface area (Å²) in [5, 5.41) is 4.17. The SMILES string of the molecule is Cc1cc(Nc2ncnc3cnc(N4CC/C(=C\CN(C)C)C4=O)cc23)ccc1Oc1cccnc1. The van der Waals surface area contributed by atoms with Crippen LogP contribution in [0.15, 0.2) is 73.0 Å². The molecule has 9 nitrogen and oxygen atoms in total. The van der Waals surface area contributed by atoms with Gasteiger partial charge in [-0.2, -0.15) is 0 Å². The number of likely N-dealkylation sites (N-methyl/N-ethyl adjacent to an activating group) is 1. The highest BCUT2D eigenvalue weighted by molar-refractivity contribution is 6.08. The molecule has 1 aromatic carbocycles. The molecule has 0 unspecified atom stereocenters. The minimum absolute atomic E-state index is 0.00473. The van der Waals surface area contributed by atoms with Crippen LogP contribution in [-0.2, 0) is 4.79 Å². The van der Waals surface area contributed by atoms with Gasteiger partial charge in [-0.15, -0.1) is 0 Å². The summed E-state index contributed by atoms with van der Waals surface area (Å²) in [5.41, 5.74) is 3.33. The fourth-order valence-electron chi connectivity index (χ4n) is 4.02. The number of benzene rings is 1. The number of nitrogens with zero attached hydrogens (tertiary/aromatic N) is 6. The Hall–Kier alpha value is -4.37. The van der Waals surface area contributed by atoms with Crippen LogP contribution in [0.25, 0.3) is 10.9 Å². The Morgan fingerprint density at radius 3 is 2.81 bits per heavy atom. The predicted molar refractivity (Wildman–Crippen MR) is 140 cm³/mol. The van der Waals surface area contributed by atoms with Crippen LogP contribution < -0.4 is 15.0 Å². The average Bonchev–Trinajstić information content (AvgIpc) is 3.25. The molecular weight excluding hydrogens is 454 g/mol. The zero-order chi connectivity index (χ0) is 25.1. The van der Waals surface area contributed by atoms with Gasteiger partial charge in [-0.05, 0) is 69.4 Å². The highest BCUT2D eigenvalue weighted by Gasteiger charge is 2.28. The maximum Gasteiger partial charge on any atom is 0.255 e. The number of aryl methyl sites for hydroxylation is 1. The number of nitrogens with one attached hydrogen (secondary N) is 1. The van der Waals surface area contributed by atoms with E-state index in [0.29, 0.717) is 35.9 Å². The summed E-state index contributed by atoms with van der Waals surface area (Å²) in [6, 6.07) is 11.4. The van der Waals surface area contributed by atoms with Crippen LogP contribution in [0.4, 0.5) is 17.3 Å². The highest BCUT2D eigenvalue weighted by Crippen LogP contribution is 2.31. The highest BCUT2D eigenvalue weighted by atomic mass is 16.5. The van der Waals surface area contributed by atoms with Crippen LogP contribution >= 0.6 is 0 Å². The molecule has 0 saturated carbocycles. The van der Waals surface area contributed by atoms with E-state index in [0.717, 1.165) is 34.5 Å². The summed E-state index contributed by atoms with van der Waals surface area (Å²) < 4.78 is 5.94. The minimum Gasteiger partial charge on any atom is -0.455 e. The first-order valence-corrected chi connectivity index (χ1v) is 11.7. The smallest absolute Gasteiger partial charge is 0.255 e. The molecule has 0 atom stereocenters. The molecule has 1 amide bonds. The van der Waals surface area contributed by atoms with Crippen molar-refractivity contribution in [1.29, 1.82) is 0 Å². The van der Waals surface area contributed by atoms with Crippen molar-refractivity contribution in [3.05, 3.63) is 78.5 Å². The van der Waals surface area contributed by atoms with Gasteiger partial charge in [0.15, 0.2) is 0 Å². The lowest BCUT2D eigenvalue weighted by molar-refractivity contribution is -0.114. The van der Waals surface area contributed by atoms with Gasteiger partial charge in [0.25, 0.3) is 5.91 Å². The van der Waals surface area contributed by atoms with E-state index in [1.54, 1.807) is 23.5 Å². The van der Waals surface area contributed by atoms with Crippen LogP contribution in [0.5, 0.6) is 11.5 Å². The van der Waals surface area contributed by atoms with Crippen molar-refractivity contribution in [2.75, 3.05) is 37.4 Å². The Kier molecular flexibility index (Phi) is 6.55. The molecule has 1 N–H and O–H groups in total. The van der Waals surface area contributed by atoms with E-state index in [4.69, 9.17) is 4.74 Å². The van der Waals surface area contributed by atoms with E-state index < -0.39 is 0 Å². The normalized spacial score (nSPS) is 14.7. The Bertz CT molecular complexity index is 1440. The largest absolute Gasteiger partial charge is 0.455 e. The van der Waals surface area contributed by atoms with Crippen molar-refractivity contribution in [3.63, 3.8) is 0 Å². The van der Waals surface area contributed by atoms with E-state index in [-0.39, 0.29) is 5.91 Å². The van der Waals surface area contributed by atoms with Gasteiger partial charge in [0.2, 0.25) is 0 Å². The predicted octanol–water partition coefficient (Wildman–Crippen LogP) is 4.49. The van der Waals surface area contributed by atoms with Gasteiger partial charge in [-0.25, -0.2) is 15.0 Å². The standard InChI is InChI=1S/C27H27N7O2/c1-18-13-20(6-7-24(18)36-21-5-4-10-28-15-21)32-26-22-14-25(29-16-23(22)30-17-31-26)34-12-9-19(27(34)35)8-11-33(2)3/h4-8,10,13-17H,9,11-12H2,1-3H3,(H,30,31,32)/b19-8+. The summed E-state index contributed by atoms with van der Waals surface area (Å²) in [5.74, 6) is 2.65. The molecule has 1 aliphatic rings. The fourth-order valence-corrected chi connectivity index (χ4v) is 4.02. The first kappa shape index (κ1) is 23.4. The summed E-state index contributed by atoms with van der Waals surface area (Å²) in [6.45, 7) is 3.31. The van der Waals surface area contributed by atoms with Gasteiger partial charge >= 0.3 is 0 Å². The molecule has 1 aliphatic heterocycles. The maximum atomic E-state index is 13.0. The van der Waals surface area contributed by atoms with Crippen molar-refractivity contribution >= 4 is 34.1 Å². The molecule has 1 fully saturated rings. The number of hydrogen-bond acceptors (Lipinski definition) is 8. The van der Waals surface area contributed by atoms with E-state index >= 15 is 0 Å². The molecule has 9 heteroatoms. The van der Waals surface area contributed by atoms with E-state index in [2.05, 4.69) is 25.3 Å². The van der Waals surface area contributed by atoms with E-state index in [1.807, 2.05) is 68.4 Å². The fraction of sp³-hybridized carbons (Fsp3) is 0.222. The number of carbonyl (C=O) groups is 1. The second-order valence-electron chi connectivity index (χ2n) is 8.88. The molecule has 36 heavy (non-hydrogen) atoms. The second kappa shape index (κ2) is 10.1. The summed E-state index contributed by atoms with van der Waals surface area (Å²) in [7, 11) is 3.97. The topological polar surface area (TPSA) is 96.4 Å². The Balaban J connectivity index is 1.39. The van der Waals surface area contributed by atoms with Crippen LogP contribution in [0.2, 0.25) is 0 Å². The first-order chi connectivity index (χ1) is 17.5. The lowest BCUT2D eigenvalue weighted by atomic mass is 10.2. The summed E-state index contributed by atoms with van der Waals surface area (Å²) >= 11 is 0. The van der Waals surface area contributed by atoms with Gasteiger partial charge in [0.1, 0.15) is 29.5 Å². The molecule has 182 valence electrons. The lowest BCUT2D eigenvalue weighted by Crippen LogP contribution is -2.25. The van der Waals surface area contributed by atoms with Crippen LogP contribution in [0.3, 0.4) is 0 Å². The lowest BCUT2D eigenvalue weighted by Gasteiger charge is -2.16. The molecule has 3 aromatic heterocycles. The monoisotopic (exact) mass is 481 g/mol. The summed E-state index contributed by atoms with van der Waals surface area (Å²) in [6.07, 6.45) is 9.26. The molecule has 0 spiro atoms. The van der Waals surface area contributed by atoms with E-state index in [1.165, 1.54) is 6.33 Å². The van der Waals surface area contributed by atoms with Gasteiger partial charge in [-0.1, -0.05) is 6.08 Å². The first-order valence-electron chi connectivity index (χ1n) is 11.7. The molecule has 4 heterocycles. The number of aromatic nitrogens is 4. The molecule has 0 aliphatic carbocycles. The number of rotatable bonds is 7. The number of pyridine rings is 2. The zero-order valence-corrected chi connectivity index (χ0v) is 20.5. The third-order valence-electron chi connectivity index (χ3n) is 5.91. The molecule has 0 radical (unpaired) electrons. The van der Waals surface area contributed by atoms with Gasteiger partial charge in [0.05, 0.1) is 17.9 Å². The molecular formula is C27H27N7O2. The zero-order valence-electron chi connectivity index (χ0n) is 20.5. The van der Waals surface area contributed by atoms with Crippen LogP contribution in [-0.4, -0.2) is 57.9 Å².